The minimum atomic E-state index is -3.07. The second kappa shape index (κ2) is 10.4. The average molecular weight is 375 g/mol. The lowest BCUT2D eigenvalue weighted by Gasteiger charge is -2.32. The molecule has 0 aliphatic carbocycles. The van der Waals surface area contributed by atoms with Crippen molar-refractivity contribution in [1.82, 2.24) is 14.9 Å². The van der Waals surface area contributed by atoms with Gasteiger partial charge in [-0.25, -0.2) is 12.7 Å². The van der Waals surface area contributed by atoms with Gasteiger partial charge in [0.15, 0.2) is 5.96 Å². The van der Waals surface area contributed by atoms with Gasteiger partial charge in [0.05, 0.1) is 5.75 Å². The van der Waals surface area contributed by atoms with Crippen LogP contribution in [0.5, 0.6) is 0 Å². The standard InChI is InChI=1S/C18H38N4O2S/c1-6-15-25(23,24)22-13-9-16(10-14-22)21-17(19-7-2)20-12-8-11-18(3,4)5/h16H,6-15H2,1-5H3,(H2,19,20,21). The molecule has 0 aromatic heterocycles. The van der Waals surface area contributed by atoms with Crippen LogP contribution in [0.3, 0.4) is 0 Å². The zero-order valence-electron chi connectivity index (χ0n) is 16.8. The summed E-state index contributed by atoms with van der Waals surface area (Å²) >= 11 is 0. The molecule has 1 rings (SSSR count). The van der Waals surface area contributed by atoms with Crippen molar-refractivity contribution in [3.63, 3.8) is 0 Å². The fourth-order valence-electron chi connectivity index (χ4n) is 2.98. The molecule has 7 heteroatoms. The Morgan fingerprint density at radius 1 is 1.20 bits per heavy atom. The van der Waals surface area contributed by atoms with Gasteiger partial charge in [0.1, 0.15) is 0 Å². The van der Waals surface area contributed by atoms with E-state index < -0.39 is 10.0 Å². The van der Waals surface area contributed by atoms with Crippen LogP contribution in [0.25, 0.3) is 0 Å². The number of hydrogen-bond donors (Lipinski definition) is 2. The van der Waals surface area contributed by atoms with E-state index in [9.17, 15) is 8.42 Å². The molecule has 148 valence electrons. The summed E-state index contributed by atoms with van der Waals surface area (Å²) in [6.07, 6.45) is 4.56. The van der Waals surface area contributed by atoms with Gasteiger partial charge in [-0.05, 0) is 44.4 Å². The minimum absolute atomic E-state index is 0.253. The molecule has 0 unspecified atom stereocenters. The highest BCUT2D eigenvalue weighted by molar-refractivity contribution is 7.89. The molecule has 6 nitrogen and oxygen atoms in total. The highest BCUT2D eigenvalue weighted by Crippen LogP contribution is 2.20. The van der Waals surface area contributed by atoms with Gasteiger partial charge in [-0.1, -0.05) is 27.7 Å². The molecule has 1 fully saturated rings. The summed E-state index contributed by atoms with van der Waals surface area (Å²) in [5.41, 5.74) is 0.345. The number of rotatable bonds is 8. The summed E-state index contributed by atoms with van der Waals surface area (Å²) in [6.45, 7) is 13.6. The predicted octanol–water partition coefficient (Wildman–Crippen LogP) is 2.57. The normalized spacial score (nSPS) is 18.4. The first-order valence-electron chi connectivity index (χ1n) is 9.70. The van der Waals surface area contributed by atoms with E-state index in [1.165, 1.54) is 0 Å². The molecule has 1 aliphatic rings. The van der Waals surface area contributed by atoms with Crippen LogP contribution in [0, 0.1) is 5.41 Å². The van der Waals surface area contributed by atoms with Crippen LogP contribution in [0.2, 0.25) is 0 Å². The Bertz CT molecular complexity index is 504. The van der Waals surface area contributed by atoms with Crippen LogP contribution in [0.15, 0.2) is 4.99 Å². The van der Waals surface area contributed by atoms with Gasteiger partial charge >= 0.3 is 0 Å². The summed E-state index contributed by atoms with van der Waals surface area (Å²) in [5, 5.41) is 6.77. The predicted molar refractivity (Wildman–Crippen MR) is 106 cm³/mol. The van der Waals surface area contributed by atoms with E-state index in [0.717, 1.165) is 44.7 Å². The van der Waals surface area contributed by atoms with Gasteiger partial charge in [0.2, 0.25) is 10.0 Å². The van der Waals surface area contributed by atoms with E-state index in [1.807, 2.05) is 6.92 Å². The number of sulfonamides is 1. The molecule has 0 bridgehead atoms. The Morgan fingerprint density at radius 2 is 1.84 bits per heavy atom. The van der Waals surface area contributed by atoms with Crippen molar-refractivity contribution >= 4 is 16.0 Å². The lowest BCUT2D eigenvalue weighted by atomic mass is 9.91. The Kier molecular flexibility index (Phi) is 9.21. The smallest absolute Gasteiger partial charge is 0.214 e. The van der Waals surface area contributed by atoms with Gasteiger partial charge in [0, 0.05) is 32.2 Å². The average Bonchev–Trinajstić information content (AvgIpc) is 2.51. The van der Waals surface area contributed by atoms with Crippen molar-refractivity contribution in [2.75, 3.05) is 31.9 Å². The van der Waals surface area contributed by atoms with E-state index in [0.29, 0.717) is 24.9 Å². The molecule has 0 saturated carbocycles. The lowest BCUT2D eigenvalue weighted by molar-refractivity contribution is 0.306. The van der Waals surface area contributed by atoms with Crippen molar-refractivity contribution in [3.8, 4) is 0 Å². The number of nitrogens with one attached hydrogen (secondary N) is 2. The van der Waals surface area contributed by atoms with Gasteiger partial charge in [0.25, 0.3) is 0 Å². The molecule has 2 N–H and O–H groups in total. The number of guanidine groups is 1. The summed E-state index contributed by atoms with van der Waals surface area (Å²) in [7, 11) is -3.07. The first-order chi connectivity index (χ1) is 11.7. The van der Waals surface area contributed by atoms with Crippen molar-refractivity contribution in [2.45, 2.75) is 72.8 Å². The first kappa shape index (κ1) is 22.2. The maximum absolute atomic E-state index is 12.1. The van der Waals surface area contributed by atoms with Crippen molar-refractivity contribution in [1.29, 1.82) is 0 Å². The van der Waals surface area contributed by atoms with Gasteiger partial charge in [-0.3, -0.25) is 4.99 Å². The topological polar surface area (TPSA) is 73.8 Å². The fourth-order valence-corrected chi connectivity index (χ4v) is 4.52. The maximum Gasteiger partial charge on any atom is 0.214 e. The van der Waals surface area contributed by atoms with Crippen molar-refractivity contribution < 1.29 is 8.42 Å². The van der Waals surface area contributed by atoms with Crippen LogP contribution >= 0.6 is 0 Å². The van der Waals surface area contributed by atoms with E-state index in [-0.39, 0.29) is 11.8 Å². The largest absolute Gasteiger partial charge is 0.357 e. The van der Waals surface area contributed by atoms with Crippen LogP contribution in [0.1, 0.15) is 66.7 Å². The van der Waals surface area contributed by atoms with E-state index >= 15 is 0 Å². The molecule has 1 aliphatic heterocycles. The zero-order valence-corrected chi connectivity index (χ0v) is 17.6. The van der Waals surface area contributed by atoms with Crippen LogP contribution in [0.4, 0.5) is 0 Å². The third-order valence-electron chi connectivity index (χ3n) is 4.35. The molecule has 0 amide bonds. The van der Waals surface area contributed by atoms with E-state index in [1.54, 1.807) is 4.31 Å². The SMILES string of the molecule is CCCS(=O)(=O)N1CCC(NC(=NCCCC(C)(C)C)NCC)CC1. The molecule has 0 aromatic rings. The molecule has 1 heterocycles. The highest BCUT2D eigenvalue weighted by atomic mass is 32.2. The molecule has 0 atom stereocenters. The lowest BCUT2D eigenvalue weighted by Crippen LogP contribution is -2.50. The Balaban J connectivity index is 2.47. The Labute approximate surface area is 154 Å². The third kappa shape index (κ3) is 8.90. The van der Waals surface area contributed by atoms with Crippen molar-refractivity contribution in [2.24, 2.45) is 10.4 Å². The van der Waals surface area contributed by atoms with E-state index in [4.69, 9.17) is 0 Å². The molecular formula is C18H38N4O2S. The summed E-state index contributed by atoms with van der Waals surface area (Å²) in [5.74, 6) is 1.11. The van der Waals surface area contributed by atoms with Crippen LogP contribution < -0.4 is 10.6 Å². The quantitative estimate of drug-likeness (QED) is 0.389. The highest BCUT2D eigenvalue weighted by Gasteiger charge is 2.27. The maximum atomic E-state index is 12.1. The molecule has 25 heavy (non-hydrogen) atoms. The fraction of sp³-hybridized carbons (Fsp3) is 0.944. The van der Waals surface area contributed by atoms with Crippen molar-refractivity contribution in [3.05, 3.63) is 0 Å². The van der Waals surface area contributed by atoms with Gasteiger partial charge < -0.3 is 10.6 Å². The van der Waals surface area contributed by atoms with Gasteiger partial charge in [-0.15, -0.1) is 0 Å². The molecular weight excluding hydrogens is 336 g/mol. The first-order valence-corrected chi connectivity index (χ1v) is 11.3. The molecule has 0 spiro atoms. The third-order valence-corrected chi connectivity index (χ3v) is 6.43. The van der Waals surface area contributed by atoms with E-state index in [2.05, 4.69) is 43.3 Å². The molecule has 1 saturated heterocycles. The molecule has 0 radical (unpaired) electrons. The Hall–Kier alpha value is -0.820. The molecule has 0 aromatic carbocycles. The number of hydrogen-bond acceptors (Lipinski definition) is 3. The van der Waals surface area contributed by atoms with Crippen LogP contribution in [-0.4, -0.2) is 56.7 Å². The minimum Gasteiger partial charge on any atom is -0.357 e. The van der Waals surface area contributed by atoms with Gasteiger partial charge in [-0.2, -0.15) is 0 Å². The summed E-state index contributed by atoms with van der Waals surface area (Å²) in [4.78, 5) is 4.67. The number of piperidine rings is 1. The monoisotopic (exact) mass is 374 g/mol. The summed E-state index contributed by atoms with van der Waals surface area (Å²) < 4.78 is 25.9. The number of nitrogens with zero attached hydrogens (tertiary/aromatic N) is 2. The second-order valence-electron chi connectivity index (χ2n) is 8.06. The van der Waals surface area contributed by atoms with Crippen LogP contribution in [-0.2, 0) is 10.0 Å². The Morgan fingerprint density at radius 3 is 2.36 bits per heavy atom. The zero-order chi connectivity index (χ0) is 18.9. The second-order valence-corrected chi connectivity index (χ2v) is 10.1. The number of aliphatic imine (C=N–C) groups is 1. The summed E-state index contributed by atoms with van der Waals surface area (Å²) in [6, 6.07) is 0.286.